The fourth-order valence-corrected chi connectivity index (χ4v) is 1.68. The zero-order valence-corrected chi connectivity index (χ0v) is 9.24. The van der Waals surface area contributed by atoms with Crippen molar-refractivity contribution >= 4 is 16.9 Å². The minimum absolute atomic E-state index is 0.347. The lowest BCUT2D eigenvalue weighted by atomic mass is 10.1. The first-order chi connectivity index (χ1) is 7.77. The maximum absolute atomic E-state index is 11.5. The molecule has 1 heterocycles. The van der Waals surface area contributed by atoms with Gasteiger partial charge in [-0.15, -0.1) is 0 Å². The normalized spacial score (nSPS) is 10.4. The molecule has 0 amide bonds. The lowest BCUT2D eigenvalue weighted by Gasteiger charge is -2.04. The highest BCUT2D eigenvalue weighted by atomic mass is 16.5. The van der Waals surface area contributed by atoms with Crippen molar-refractivity contribution in [3.63, 3.8) is 0 Å². The Hall–Kier alpha value is -1.97. The third kappa shape index (κ3) is 1.62. The van der Waals surface area contributed by atoms with Gasteiger partial charge < -0.3 is 14.5 Å². The number of rotatable bonds is 3. The number of fused-ring (bicyclic) bond motifs is 1. The molecule has 0 aliphatic rings. The summed E-state index contributed by atoms with van der Waals surface area (Å²) in [5.74, 6) is 0.398. The molecule has 0 atom stereocenters. The van der Waals surface area contributed by atoms with Crippen LogP contribution in [0.25, 0.3) is 10.9 Å². The Morgan fingerprint density at radius 1 is 1.44 bits per heavy atom. The monoisotopic (exact) mass is 219 g/mol. The van der Waals surface area contributed by atoms with Crippen molar-refractivity contribution in [2.75, 3.05) is 13.7 Å². The second-order valence-electron chi connectivity index (χ2n) is 3.31. The van der Waals surface area contributed by atoms with E-state index in [2.05, 4.69) is 4.98 Å². The number of methoxy groups -OCH3 is 1. The van der Waals surface area contributed by atoms with Crippen molar-refractivity contribution in [3.05, 3.63) is 30.0 Å². The van der Waals surface area contributed by atoms with Gasteiger partial charge in [-0.2, -0.15) is 0 Å². The molecular weight excluding hydrogens is 206 g/mol. The van der Waals surface area contributed by atoms with Crippen LogP contribution in [0, 0.1) is 0 Å². The fraction of sp³-hybridized carbons (Fsp3) is 0.250. The van der Waals surface area contributed by atoms with Gasteiger partial charge in [0, 0.05) is 11.6 Å². The first kappa shape index (κ1) is 10.5. The molecule has 16 heavy (non-hydrogen) atoms. The van der Waals surface area contributed by atoms with E-state index in [4.69, 9.17) is 9.47 Å². The minimum Gasteiger partial charge on any atom is -0.492 e. The molecule has 2 aromatic rings. The molecule has 0 aliphatic heterocycles. The molecule has 0 radical (unpaired) electrons. The Balaban J connectivity index is 2.56. The van der Waals surface area contributed by atoms with E-state index in [0.717, 1.165) is 16.7 Å². The van der Waals surface area contributed by atoms with Gasteiger partial charge in [-0.25, -0.2) is 4.79 Å². The predicted octanol–water partition coefficient (Wildman–Crippen LogP) is 2.35. The zero-order chi connectivity index (χ0) is 11.5. The van der Waals surface area contributed by atoms with E-state index in [-0.39, 0.29) is 5.97 Å². The molecule has 0 spiro atoms. The number of hydrogen-bond donors (Lipinski definition) is 1. The van der Waals surface area contributed by atoms with Crippen LogP contribution in [-0.4, -0.2) is 24.7 Å². The van der Waals surface area contributed by atoms with Crippen LogP contribution < -0.4 is 4.74 Å². The minimum atomic E-state index is -0.347. The van der Waals surface area contributed by atoms with Crippen molar-refractivity contribution in [3.8, 4) is 5.75 Å². The number of hydrogen-bond acceptors (Lipinski definition) is 3. The predicted molar refractivity (Wildman–Crippen MR) is 60.8 cm³/mol. The van der Waals surface area contributed by atoms with E-state index in [1.807, 2.05) is 25.1 Å². The molecule has 0 saturated carbocycles. The van der Waals surface area contributed by atoms with Gasteiger partial charge in [-0.05, 0) is 13.0 Å². The topological polar surface area (TPSA) is 51.3 Å². The van der Waals surface area contributed by atoms with E-state index in [1.165, 1.54) is 7.11 Å². The number of para-hydroxylation sites is 1. The Morgan fingerprint density at radius 3 is 2.94 bits per heavy atom. The molecule has 0 saturated heterocycles. The summed E-state index contributed by atoms with van der Waals surface area (Å²) in [5, 5.41) is 0.817. The van der Waals surface area contributed by atoms with Gasteiger partial charge >= 0.3 is 5.97 Å². The molecule has 1 N–H and O–H groups in total. The SMILES string of the molecule is CCOc1cccc2c(C(=O)OC)c[nH]c12. The van der Waals surface area contributed by atoms with Crippen molar-refractivity contribution < 1.29 is 14.3 Å². The molecule has 4 nitrogen and oxygen atoms in total. The van der Waals surface area contributed by atoms with Crippen LogP contribution in [0.5, 0.6) is 5.75 Å². The van der Waals surface area contributed by atoms with E-state index in [9.17, 15) is 4.79 Å². The molecular formula is C12H13NO3. The van der Waals surface area contributed by atoms with Crippen LogP contribution >= 0.6 is 0 Å². The van der Waals surface area contributed by atoms with Gasteiger partial charge in [0.2, 0.25) is 0 Å². The van der Waals surface area contributed by atoms with Gasteiger partial charge in [0.15, 0.2) is 0 Å². The number of aromatic amines is 1. The highest BCUT2D eigenvalue weighted by molar-refractivity contribution is 6.05. The molecule has 0 aliphatic carbocycles. The van der Waals surface area contributed by atoms with Crippen molar-refractivity contribution in [1.82, 2.24) is 4.98 Å². The Bertz CT molecular complexity index is 516. The fourth-order valence-electron chi connectivity index (χ4n) is 1.68. The maximum atomic E-state index is 11.5. The number of esters is 1. The number of carbonyl (C=O) groups is 1. The average Bonchev–Trinajstić information content (AvgIpc) is 2.73. The number of ether oxygens (including phenoxy) is 2. The van der Waals surface area contributed by atoms with Crippen LogP contribution in [-0.2, 0) is 4.74 Å². The summed E-state index contributed by atoms with van der Waals surface area (Å²) < 4.78 is 10.2. The van der Waals surface area contributed by atoms with Crippen LogP contribution in [0.1, 0.15) is 17.3 Å². The molecule has 4 heteroatoms. The third-order valence-electron chi connectivity index (χ3n) is 2.38. The summed E-state index contributed by atoms with van der Waals surface area (Å²) >= 11 is 0. The van der Waals surface area contributed by atoms with Crippen LogP contribution in [0.3, 0.4) is 0 Å². The van der Waals surface area contributed by atoms with E-state index >= 15 is 0 Å². The summed E-state index contributed by atoms with van der Waals surface area (Å²) in [4.78, 5) is 14.5. The molecule has 0 fully saturated rings. The molecule has 2 rings (SSSR count). The molecule has 0 bridgehead atoms. The summed E-state index contributed by atoms with van der Waals surface area (Å²) in [6.07, 6.45) is 1.64. The summed E-state index contributed by atoms with van der Waals surface area (Å²) in [6, 6.07) is 5.58. The summed E-state index contributed by atoms with van der Waals surface area (Å²) in [5.41, 5.74) is 1.35. The lowest BCUT2D eigenvalue weighted by Crippen LogP contribution is -1.99. The molecule has 1 aromatic heterocycles. The third-order valence-corrected chi connectivity index (χ3v) is 2.38. The molecule has 0 unspecified atom stereocenters. The quantitative estimate of drug-likeness (QED) is 0.806. The highest BCUT2D eigenvalue weighted by Crippen LogP contribution is 2.27. The Morgan fingerprint density at radius 2 is 2.25 bits per heavy atom. The van der Waals surface area contributed by atoms with Crippen molar-refractivity contribution in [2.24, 2.45) is 0 Å². The first-order valence-corrected chi connectivity index (χ1v) is 5.09. The Kier molecular flexibility index (Phi) is 2.81. The highest BCUT2D eigenvalue weighted by Gasteiger charge is 2.14. The van der Waals surface area contributed by atoms with Crippen molar-refractivity contribution in [1.29, 1.82) is 0 Å². The standard InChI is InChI=1S/C12H13NO3/c1-3-16-10-6-4-5-8-9(12(14)15-2)7-13-11(8)10/h4-7,13H,3H2,1-2H3. The summed E-state index contributed by atoms with van der Waals surface area (Å²) in [7, 11) is 1.37. The lowest BCUT2D eigenvalue weighted by molar-refractivity contribution is 0.0603. The number of nitrogens with one attached hydrogen (secondary N) is 1. The van der Waals surface area contributed by atoms with Gasteiger partial charge in [0.1, 0.15) is 5.75 Å². The van der Waals surface area contributed by atoms with Crippen molar-refractivity contribution in [2.45, 2.75) is 6.92 Å². The molecule has 84 valence electrons. The number of H-pyrrole nitrogens is 1. The van der Waals surface area contributed by atoms with Crippen LogP contribution in [0.2, 0.25) is 0 Å². The zero-order valence-electron chi connectivity index (χ0n) is 9.24. The largest absolute Gasteiger partial charge is 0.492 e. The second-order valence-corrected chi connectivity index (χ2v) is 3.31. The maximum Gasteiger partial charge on any atom is 0.340 e. The van der Waals surface area contributed by atoms with Crippen LogP contribution in [0.15, 0.2) is 24.4 Å². The van der Waals surface area contributed by atoms with E-state index in [0.29, 0.717) is 12.2 Å². The summed E-state index contributed by atoms with van der Waals surface area (Å²) in [6.45, 7) is 2.51. The Labute approximate surface area is 93.2 Å². The number of carbonyl (C=O) groups excluding carboxylic acids is 1. The smallest absolute Gasteiger partial charge is 0.340 e. The van der Waals surface area contributed by atoms with E-state index in [1.54, 1.807) is 6.20 Å². The van der Waals surface area contributed by atoms with E-state index < -0.39 is 0 Å². The van der Waals surface area contributed by atoms with Gasteiger partial charge in [0.05, 0.1) is 24.8 Å². The number of aromatic nitrogens is 1. The average molecular weight is 219 g/mol. The van der Waals surface area contributed by atoms with Gasteiger partial charge in [0.25, 0.3) is 0 Å². The van der Waals surface area contributed by atoms with Gasteiger partial charge in [-0.1, -0.05) is 12.1 Å². The molecule has 1 aromatic carbocycles. The van der Waals surface area contributed by atoms with Crippen LogP contribution in [0.4, 0.5) is 0 Å². The number of benzene rings is 1. The van der Waals surface area contributed by atoms with Gasteiger partial charge in [-0.3, -0.25) is 0 Å². The first-order valence-electron chi connectivity index (χ1n) is 5.09. The second kappa shape index (κ2) is 4.26.